The van der Waals surface area contributed by atoms with E-state index < -0.39 is 0 Å². The van der Waals surface area contributed by atoms with Crippen molar-refractivity contribution in [1.82, 2.24) is 4.33 Å². The standard InChI is InChI=1S/C22H24N2P/c1-3-11-19-17(7-1)9-5-13-21(19)23-15-16-24(25-23)22-14-6-10-18-8-2-4-12-20(18)22/h1-4,7-8,11-12,15-16,21-22H,5-6,9-10,13-14H2/q+1/t21-,22-/m0/s1. The third-order valence-corrected chi connectivity index (χ3v) is 7.13. The molecule has 2 aromatic carbocycles. The van der Waals surface area contributed by atoms with Gasteiger partial charge in [0.2, 0.25) is 0 Å². The normalized spacial score (nSPS) is 22.6. The monoisotopic (exact) mass is 347 g/mol. The van der Waals surface area contributed by atoms with E-state index in [1.54, 1.807) is 11.1 Å². The van der Waals surface area contributed by atoms with Crippen LogP contribution in [-0.2, 0) is 12.8 Å². The summed E-state index contributed by atoms with van der Waals surface area (Å²) < 4.78 is 5.07. The molecule has 0 bridgehead atoms. The average molecular weight is 347 g/mol. The Labute approximate surface area is 151 Å². The summed E-state index contributed by atoms with van der Waals surface area (Å²) in [6, 6.07) is 19.1. The maximum absolute atomic E-state index is 2.54. The first-order valence-electron chi connectivity index (χ1n) is 9.52. The molecule has 0 N–H and O–H groups in total. The van der Waals surface area contributed by atoms with E-state index in [0.717, 1.165) is 0 Å². The molecule has 5 rings (SSSR count). The lowest BCUT2D eigenvalue weighted by Gasteiger charge is -2.23. The van der Waals surface area contributed by atoms with E-state index in [4.69, 9.17) is 0 Å². The number of rotatable bonds is 2. The molecule has 0 saturated heterocycles. The van der Waals surface area contributed by atoms with Crippen molar-refractivity contribution in [3.63, 3.8) is 0 Å². The fourth-order valence-corrected chi connectivity index (χ4v) is 5.86. The first kappa shape index (κ1) is 15.3. The van der Waals surface area contributed by atoms with Gasteiger partial charge in [0.05, 0.1) is 0 Å². The molecule has 3 heteroatoms. The Morgan fingerprint density at radius 1 is 0.840 bits per heavy atom. The fraction of sp³-hybridized carbons (Fsp3) is 0.364. The van der Waals surface area contributed by atoms with Crippen LogP contribution < -0.4 is 4.33 Å². The largest absolute Gasteiger partial charge is 0.347 e. The van der Waals surface area contributed by atoms with Crippen LogP contribution in [0, 0.1) is 0 Å². The quantitative estimate of drug-likeness (QED) is 0.602. The zero-order valence-corrected chi connectivity index (χ0v) is 15.4. The zero-order chi connectivity index (χ0) is 16.6. The van der Waals surface area contributed by atoms with Gasteiger partial charge in [0, 0.05) is 0 Å². The van der Waals surface area contributed by atoms with Crippen LogP contribution >= 0.6 is 8.51 Å². The van der Waals surface area contributed by atoms with Crippen molar-refractivity contribution in [3.05, 3.63) is 83.2 Å². The number of nitrogens with zero attached hydrogens (tertiary/aromatic N) is 2. The molecular formula is C22H24N2P+. The van der Waals surface area contributed by atoms with Crippen molar-refractivity contribution >= 4 is 8.51 Å². The Hall–Kier alpha value is -1.92. The molecule has 2 nitrogen and oxygen atoms in total. The van der Waals surface area contributed by atoms with Gasteiger partial charge in [-0.25, -0.2) is 8.66 Å². The average Bonchev–Trinajstić information content (AvgIpc) is 3.17. The Morgan fingerprint density at radius 3 is 2.36 bits per heavy atom. The lowest BCUT2D eigenvalue weighted by atomic mass is 9.88. The van der Waals surface area contributed by atoms with Gasteiger partial charge >= 0.3 is 8.51 Å². The molecule has 3 aromatic rings. The van der Waals surface area contributed by atoms with Crippen molar-refractivity contribution in [2.75, 3.05) is 0 Å². The van der Waals surface area contributed by atoms with E-state index in [9.17, 15) is 0 Å². The van der Waals surface area contributed by atoms with Crippen LogP contribution in [0.3, 0.4) is 0 Å². The first-order valence-corrected chi connectivity index (χ1v) is 10.3. The summed E-state index contributed by atoms with van der Waals surface area (Å²) in [5, 5.41) is 0. The molecule has 0 radical (unpaired) electrons. The number of hydrogen-bond acceptors (Lipinski definition) is 0. The predicted molar refractivity (Wildman–Crippen MR) is 102 cm³/mol. The molecule has 0 saturated carbocycles. The summed E-state index contributed by atoms with van der Waals surface area (Å²) in [5.41, 5.74) is 6.17. The Kier molecular flexibility index (Phi) is 3.94. The van der Waals surface area contributed by atoms with Crippen LogP contribution in [0.2, 0.25) is 0 Å². The van der Waals surface area contributed by atoms with Crippen LogP contribution in [0.15, 0.2) is 60.9 Å². The Balaban J connectivity index is 1.50. The molecule has 0 spiro atoms. The molecule has 0 unspecified atom stereocenters. The molecular weight excluding hydrogens is 323 g/mol. The smallest absolute Gasteiger partial charge is 0.208 e. The van der Waals surface area contributed by atoms with Crippen LogP contribution in [-0.4, -0.2) is 4.33 Å². The highest BCUT2D eigenvalue weighted by Crippen LogP contribution is 2.35. The van der Waals surface area contributed by atoms with E-state index in [0.29, 0.717) is 12.1 Å². The summed E-state index contributed by atoms with van der Waals surface area (Å²) in [4.78, 5) is 0. The van der Waals surface area contributed by atoms with E-state index in [1.165, 1.54) is 58.2 Å². The molecule has 0 amide bonds. The minimum Gasteiger partial charge on any atom is -0.208 e. The van der Waals surface area contributed by atoms with Gasteiger partial charge < -0.3 is 0 Å². The highest BCUT2D eigenvalue weighted by Gasteiger charge is 2.30. The van der Waals surface area contributed by atoms with Gasteiger partial charge in [-0.3, -0.25) is 0 Å². The van der Waals surface area contributed by atoms with Crippen LogP contribution in [0.5, 0.6) is 0 Å². The molecule has 1 heterocycles. The van der Waals surface area contributed by atoms with E-state index in [-0.39, 0.29) is 0 Å². The first-order chi connectivity index (χ1) is 12.4. The maximum atomic E-state index is 2.54. The van der Waals surface area contributed by atoms with Crippen LogP contribution in [0.1, 0.15) is 60.0 Å². The van der Waals surface area contributed by atoms with Gasteiger partial charge in [0.1, 0.15) is 24.5 Å². The Morgan fingerprint density at radius 2 is 1.52 bits per heavy atom. The topological polar surface area (TPSA) is 8.81 Å². The van der Waals surface area contributed by atoms with Crippen molar-refractivity contribution < 1.29 is 4.33 Å². The molecule has 2 aliphatic rings. The predicted octanol–water partition coefficient (Wildman–Crippen LogP) is 5.21. The third kappa shape index (κ3) is 2.73. The molecule has 126 valence electrons. The SMILES string of the molecule is c1ccc2c(c1)CCC[C@@H]2n1cc[n+]([C@H]2CCCc3ccccc32)p1. The van der Waals surface area contributed by atoms with Gasteiger partial charge in [-0.05, 0) is 60.8 Å². The minimum atomic E-state index is 0.534. The zero-order valence-electron chi connectivity index (χ0n) is 14.5. The number of hydrogen-bond donors (Lipinski definition) is 0. The van der Waals surface area contributed by atoms with Crippen LogP contribution in [0.4, 0.5) is 0 Å². The molecule has 2 aliphatic carbocycles. The minimum absolute atomic E-state index is 0.534. The lowest BCUT2D eigenvalue weighted by Crippen LogP contribution is -2.37. The summed E-state index contributed by atoms with van der Waals surface area (Å²) in [6.45, 7) is 0. The second-order valence-corrected chi connectivity index (χ2v) is 8.46. The number of benzene rings is 2. The van der Waals surface area contributed by atoms with Gasteiger partial charge in [-0.2, -0.15) is 0 Å². The second-order valence-electron chi connectivity index (χ2n) is 7.36. The van der Waals surface area contributed by atoms with E-state index in [1.807, 2.05) is 0 Å². The van der Waals surface area contributed by atoms with Crippen molar-refractivity contribution in [3.8, 4) is 0 Å². The van der Waals surface area contributed by atoms with Crippen molar-refractivity contribution in [1.29, 1.82) is 0 Å². The van der Waals surface area contributed by atoms with Gasteiger partial charge in [0.25, 0.3) is 0 Å². The summed E-state index contributed by atoms with van der Waals surface area (Å²) in [5.74, 6) is 0. The van der Waals surface area contributed by atoms with Gasteiger partial charge in [-0.1, -0.05) is 48.5 Å². The number of aromatic nitrogens is 2. The number of fused-ring (bicyclic) bond motifs is 2. The maximum Gasteiger partial charge on any atom is 0.347 e. The summed E-state index contributed by atoms with van der Waals surface area (Å²) >= 11 is 0. The molecule has 2 atom stereocenters. The van der Waals surface area contributed by atoms with E-state index in [2.05, 4.69) is 69.6 Å². The second kappa shape index (κ2) is 6.42. The van der Waals surface area contributed by atoms with Crippen molar-refractivity contribution in [2.24, 2.45) is 0 Å². The molecule has 0 aliphatic heterocycles. The molecule has 0 fully saturated rings. The third-order valence-electron chi connectivity index (χ3n) is 5.89. The Bertz CT molecular complexity index is 826. The summed E-state index contributed by atoms with van der Waals surface area (Å²) in [6.07, 6.45) is 12.3. The molecule has 25 heavy (non-hydrogen) atoms. The van der Waals surface area contributed by atoms with Crippen LogP contribution in [0.25, 0.3) is 0 Å². The van der Waals surface area contributed by atoms with E-state index >= 15 is 0 Å². The number of aryl methyl sites for hydroxylation is 2. The molecule has 1 aromatic heterocycles. The highest BCUT2D eigenvalue weighted by atomic mass is 31.1. The summed E-state index contributed by atoms with van der Waals surface area (Å²) in [7, 11) is 1.32. The lowest BCUT2D eigenvalue weighted by molar-refractivity contribution is -0.647. The van der Waals surface area contributed by atoms with Gasteiger partial charge in [-0.15, -0.1) is 0 Å². The fourth-order valence-electron chi connectivity index (χ4n) is 4.65. The highest BCUT2D eigenvalue weighted by molar-refractivity contribution is 7.17. The van der Waals surface area contributed by atoms with Gasteiger partial charge in [0.15, 0.2) is 0 Å². The van der Waals surface area contributed by atoms with Crippen molar-refractivity contribution in [2.45, 2.75) is 50.6 Å².